The van der Waals surface area contributed by atoms with Crippen molar-refractivity contribution in [1.29, 1.82) is 0 Å². The van der Waals surface area contributed by atoms with Gasteiger partial charge in [-0.2, -0.15) is 0 Å². The van der Waals surface area contributed by atoms with Gasteiger partial charge in [-0.05, 0) is 31.1 Å². The van der Waals surface area contributed by atoms with E-state index in [2.05, 4.69) is 27.4 Å². The van der Waals surface area contributed by atoms with Crippen molar-refractivity contribution in [2.75, 3.05) is 13.1 Å². The third-order valence-corrected chi connectivity index (χ3v) is 4.84. The van der Waals surface area contributed by atoms with Crippen LogP contribution in [0.3, 0.4) is 0 Å². The highest BCUT2D eigenvalue weighted by molar-refractivity contribution is 5.80. The predicted molar refractivity (Wildman–Crippen MR) is 76.1 cm³/mol. The SMILES string of the molecule is C=CCN(CC)C(=O)C1CCC(N)C(C)C1(C)C. The van der Waals surface area contributed by atoms with Crippen LogP contribution in [-0.2, 0) is 4.79 Å². The lowest BCUT2D eigenvalue weighted by Gasteiger charge is -2.47. The zero-order chi connectivity index (χ0) is 13.9. The molecule has 3 nitrogen and oxygen atoms in total. The molecule has 0 aromatic carbocycles. The van der Waals surface area contributed by atoms with Crippen molar-refractivity contribution in [1.82, 2.24) is 4.90 Å². The van der Waals surface area contributed by atoms with Gasteiger partial charge in [0.05, 0.1) is 0 Å². The van der Waals surface area contributed by atoms with E-state index in [4.69, 9.17) is 5.73 Å². The number of carbonyl (C=O) groups is 1. The minimum atomic E-state index is -0.0245. The van der Waals surface area contributed by atoms with Crippen LogP contribution in [0.25, 0.3) is 0 Å². The quantitative estimate of drug-likeness (QED) is 0.781. The number of hydrogen-bond acceptors (Lipinski definition) is 2. The highest BCUT2D eigenvalue weighted by Crippen LogP contribution is 2.45. The molecule has 0 aliphatic heterocycles. The summed E-state index contributed by atoms with van der Waals surface area (Å²) in [5.41, 5.74) is 6.12. The molecule has 0 radical (unpaired) electrons. The van der Waals surface area contributed by atoms with Crippen molar-refractivity contribution in [2.24, 2.45) is 23.0 Å². The Balaban J connectivity index is 2.87. The topological polar surface area (TPSA) is 46.3 Å². The molecule has 3 atom stereocenters. The molecule has 3 heteroatoms. The van der Waals surface area contributed by atoms with E-state index < -0.39 is 0 Å². The fraction of sp³-hybridized carbons (Fsp3) is 0.800. The minimum Gasteiger partial charge on any atom is -0.339 e. The van der Waals surface area contributed by atoms with Gasteiger partial charge >= 0.3 is 0 Å². The molecule has 0 aromatic heterocycles. The largest absolute Gasteiger partial charge is 0.339 e. The fourth-order valence-electron chi connectivity index (χ4n) is 3.04. The van der Waals surface area contributed by atoms with Crippen molar-refractivity contribution < 1.29 is 4.79 Å². The number of carbonyl (C=O) groups excluding carboxylic acids is 1. The number of amides is 1. The summed E-state index contributed by atoms with van der Waals surface area (Å²) in [6.07, 6.45) is 3.66. The zero-order valence-corrected chi connectivity index (χ0v) is 12.3. The Labute approximate surface area is 111 Å². The predicted octanol–water partition coefficient (Wildman–Crippen LogP) is 2.42. The summed E-state index contributed by atoms with van der Waals surface area (Å²) >= 11 is 0. The maximum absolute atomic E-state index is 12.6. The van der Waals surface area contributed by atoms with Gasteiger partial charge in [0.1, 0.15) is 0 Å². The average Bonchev–Trinajstić information content (AvgIpc) is 2.32. The molecule has 2 N–H and O–H groups in total. The van der Waals surface area contributed by atoms with Crippen LogP contribution in [0.4, 0.5) is 0 Å². The van der Waals surface area contributed by atoms with E-state index in [0.29, 0.717) is 12.5 Å². The van der Waals surface area contributed by atoms with Gasteiger partial charge in [0, 0.05) is 25.0 Å². The zero-order valence-electron chi connectivity index (χ0n) is 12.3. The molecule has 18 heavy (non-hydrogen) atoms. The van der Waals surface area contributed by atoms with Gasteiger partial charge in [-0.1, -0.05) is 26.8 Å². The summed E-state index contributed by atoms with van der Waals surface area (Å²) < 4.78 is 0. The van der Waals surface area contributed by atoms with Crippen LogP contribution in [0, 0.1) is 17.3 Å². The second-order valence-electron chi connectivity index (χ2n) is 6.07. The summed E-state index contributed by atoms with van der Waals surface area (Å²) in [6.45, 7) is 13.7. The summed E-state index contributed by atoms with van der Waals surface area (Å²) in [5, 5.41) is 0. The van der Waals surface area contributed by atoms with Crippen LogP contribution in [0.15, 0.2) is 12.7 Å². The highest BCUT2D eigenvalue weighted by atomic mass is 16.2. The summed E-state index contributed by atoms with van der Waals surface area (Å²) in [4.78, 5) is 14.5. The normalized spacial score (nSPS) is 30.8. The fourth-order valence-corrected chi connectivity index (χ4v) is 3.04. The molecule has 0 spiro atoms. The molecule has 104 valence electrons. The molecule has 1 rings (SSSR count). The lowest BCUT2D eigenvalue weighted by Crippen LogP contribution is -2.52. The van der Waals surface area contributed by atoms with Crippen LogP contribution in [0.2, 0.25) is 0 Å². The van der Waals surface area contributed by atoms with Gasteiger partial charge in [-0.15, -0.1) is 6.58 Å². The van der Waals surface area contributed by atoms with Crippen LogP contribution < -0.4 is 5.73 Å². The first-order valence-electron chi connectivity index (χ1n) is 7.01. The van der Waals surface area contributed by atoms with Crippen molar-refractivity contribution in [2.45, 2.75) is 46.6 Å². The number of rotatable bonds is 4. The number of likely N-dealkylation sites (N-methyl/N-ethyl adjacent to an activating group) is 1. The Bertz CT molecular complexity index is 312. The lowest BCUT2D eigenvalue weighted by molar-refractivity contribution is -0.142. The summed E-state index contributed by atoms with van der Waals surface area (Å²) in [7, 11) is 0. The Morgan fingerprint density at radius 3 is 2.61 bits per heavy atom. The van der Waals surface area contributed by atoms with Gasteiger partial charge in [-0.25, -0.2) is 0 Å². The maximum Gasteiger partial charge on any atom is 0.226 e. The van der Waals surface area contributed by atoms with E-state index in [1.165, 1.54) is 0 Å². The Hall–Kier alpha value is -0.830. The Kier molecular flexibility index (Phi) is 4.97. The van der Waals surface area contributed by atoms with Crippen LogP contribution in [0.1, 0.15) is 40.5 Å². The number of nitrogens with zero attached hydrogens (tertiary/aromatic N) is 1. The monoisotopic (exact) mass is 252 g/mol. The molecule has 1 aliphatic carbocycles. The van der Waals surface area contributed by atoms with Crippen molar-refractivity contribution in [3.63, 3.8) is 0 Å². The molecular formula is C15H28N2O. The number of nitrogens with two attached hydrogens (primary N) is 1. The van der Waals surface area contributed by atoms with E-state index in [0.717, 1.165) is 19.4 Å². The van der Waals surface area contributed by atoms with Crippen molar-refractivity contribution in [3.05, 3.63) is 12.7 Å². The second-order valence-corrected chi connectivity index (χ2v) is 6.07. The third kappa shape index (κ3) is 2.77. The molecule has 1 aliphatic rings. The van der Waals surface area contributed by atoms with Gasteiger partial charge in [0.2, 0.25) is 5.91 Å². The van der Waals surface area contributed by atoms with Gasteiger partial charge < -0.3 is 10.6 Å². The molecule has 0 bridgehead atoms. The second kappa shape index (κ2) is 5.87. The first kappa shape index (κ1) is 15.2. The third-order valence-electron chi connectivity index (χ3n) is 4.84. The first-order valence-corrected chi connectivity index (χ1v) is 7.01. The van der Waals surface area contributed by atoms with E-state index in [-0.39, 0.29) is 23.3 Å². The summed E-state index contributed by atoms with van der Waals surface area (Å²) in [5.74, 6) is 0.732. The smallest absolute Gasteiger partial charge is 0.226 e. The molecule has 0 aromatic rings. The van der Waals surface area contributed by atoms with E-state index in [1.54, 1.807) is 6.08 Å². The van der Waals surface area contributed by atoms with Crippen molar-refractivity contribution >= 4 is 5.91 Å². The molecule has 0 saturated heterocycles. The summed E-state index contributed by atoms with van der Waals surface area (Å²) in [6, 6.07) is 0.221. The molecule has 1 saturated carbocycles. The highest BCUT2D eigenvalue weighted by Gasteiger charge is 2.45. The van der Waals surface area contributed by atoms with Crippen LogP contribution in [-0.4, -0.2) is 29.9 Å². The standard InChI is InChI=1S/C15H28N2O/c1-6-10-17(7-2)14(18)12-8-9-13(16)11(3)15(12,4)5/h6,11-13H,1,7-10,16H2,2-5H3. The van der Waals surface area contributed by atoms with Gasteiger partial charge in [0.25, 0.3) is 0 Å². The van der Waals surface area contributed by atoms with E-state index >= 15 is 0 Å². The van der Waals surface area contributed by atoms with Gasteiger partial charge in [-0.3, -0.25) is 4.79 Å². The molecular weight excluding hydrogens is 224 g/mol. The van der Waals surface area contributed by atoms with Crippen molar-refractivity contribution in [3.8, 4) is 0 Å². The van der Waals surface area contributed by atoms with Gasteiger partial charge in [0.15, 0.2) is 0 Å². The molecule has 1 fully saturated rings. The number of hydrogen-bond donors (Lipinski definition) is 1. The Morgan fingerprint density at radius 2 is 2.11 bits per heavy atom. The van der Waals surface area contributed by atoms with Crippen LogP contribution in [0.5, 0.6) is 0 Å². The molecule has 0 heterocycles. The molecule has 1 amide bonds. The first-order chi connectivity index (χ1) is 8.36. The minimum absolute atomic E-state index is 0.0245. The maximum atomic E-state index is 12.6. The van der Waals surface area contributed by atoms with E-state index in [1.807, 2.05) is 11.8 Å². The average molecular weight is 252 g/mol. The van der Waals surface area contributed by atoms with E-state index in [9.17, 15) is 4.79 Å². The lowest BCUT2D eigenvalue weighted by atomic mass is 9.60. The molecule has 3 unspecified atom stereocenters. The Morgan fingerprint density at radius 1 is 1.50 bits per heavy atom. The van der Waals surface area contributed by atoms with Crippen LogP contribution >= 0.6 is 0 Å².